The molecule has 1 atom stereocenters. The lowest BCUT2D eigenvalue weighted by Gasteiger charge is -2.15. The van der Waals surface area contributed by atoms with E-state index in [1.54, 1.807) is 0 Å². The Bertz CT molecular complexity index is 902. The number of nitrogens with one attached hydrogen (secondary N) is 1. The second kappa shape index (κ2) is 8.55. The molecule has 2 aromatic rings. The van der Waals surface area contributed by atoms with Crippen LogP contribution in [0.1, 0.15) is 64.4 Å². The molecule has 0 spiro atoms. The Balaban J connectivity index is 1.83. The Morgan fingerprint density at radius 3 is 2.82 bits per heavy atom. The minimum absolute atomic E-state index is 0.0722. The highest BCUT2D eigenvalue weighted by molar-refractivity contribution is 7.17. The van der Waals surface area contributed by atoms with Gasteiger partial charge in [-0.15, -0.1) is 11.3 Å². The number of nitrogens with zero attached hydrogens (tertiary/aromatic N) is 2. The highest BCUT2D eigenvalue weighted by atomic mass is 32.1. The molecule has 0 fully saturated rings. The van der Waals surface area contributed by atoms with Gasteiger partial charge in [0, 0.05) is 11.1 Å². The summed E-state index contributed by atoms with van der Waals surface area (Å²) in [4.78, 5) is 37.5. The van der Waals surface area contributed by atoms with Crippen LogP contribution in [0.4, 0.5) is 5.00 Å². The number of amides is 1. The third-order valence-corrected chi connectivity index (χ3v) is 5.95. The number of carboxylic acid groups (broad SMARTS) is 1. The molecule has 0 bridgehead atoms. The third kappa shape index (κ3) is 4.24. The summed E-state index contributed by atoms with van der Waals surface area (Å²) in [5, 5.41) is 16.3. The van der Waals surface area contributed by atoms with Crippen molar-refractivity contribution in [1.82, 2.24) is 9.78 Å². The van der Waals surface area contributed by atoms with Gasteiger partial charge in [-0.05, 0) is 50.7 Å². The average molecular weight is 405 g/mol. The molecule has 0 aromatic carbocycles. The van der Waals surface area contributed by atoms with Crippen LogP contribution in [0.3, 0.4) is 0 Å². The molecular formula is C19H23N3O5S. The number of carbonyl (C=O) groups is 3. The van der Waals surface area contributed by atoms with Crippen molar-refractivity contribution in [3.05, 3.63) is 34.0 Å². The highest BCUT2D eigenvalue weighted by Crippen LogP contribution is 2.38. The first-order valence-corrected chi connectivity index (χ1v) is 10.1. The average Bonchev–Trinajstić information content (AvgIpc) is 3.25. The Morgan fingerprint density at radius 1 is 1.36 bits per heavy atom. The second-order valence-electron chi connectivity index (χ2n) is 6.77. The number of aromatic carboxylic acids is 1. The summed E-state index contributed by atoms with van der Waals surface area (Å²) in [5.41, 5.74) is 1.33. The summed E-state index contributed by atoms with van der Waals surface area (Å²) in [7, 11) is 0. The van der Waals surface area contributed by atoms with Crippen LogP contribution in [0.15, 0.2) is 12.3 Å². The van der Waals surface area contributed by atoms with Crippen LogP contribution in [0, 0.1) is 0 Å². The molecule has 0 radical (unpaired) electrons. The van der Waals surface area contributed by atoms with E-state index >= 15 is 0 Å². The van der Waals surface area contributed by atoms with Gasteiger partial charge in [0.2, 0.25) is 5.91 Å². The molecule has 0 saturated heterocycles. The first-order valence-electron chi connectivity index (χ1n) is 9.31. The highest BCUT2D eigenvalue weighted by Gasteiger charge is 2.28. The minimum atomic E-state index is -1.16. The quantitative estimate of drug-likeness (QED) is 0.685. The van der Waals surface area contributed by atoms with Crippen molar-refractivity contribution < 1.29 is 24.2 Å². The van der Waals surface area contributed by atoms with Gasteiger partial charge in [0.25, 0.3) is 0 Å². The lowest BCUT2D eigenvalue weighted by molar-refractivity contribution is -0.116. The van der Waals surface area contributed by atoms with Crippen LogP contribution in [-0.2, 0) is 28.9 Å². The van der Waals surface area contributed by atoms with Crippen molar-refractivity contribution in [3.8, 4) is 0 Å². The molecule has 1 aliphatic carbocycles. The van der Waals surface area contributed by atoms with Gasteiger partial charge in [0.05, 0.1) is 11.7 Å². The smallest absolute Gasteiger partial charge is 0.354 e. The van der Waals surface area contributed by atoms with E-state index in [9.17, 15) is 14.4 Å². The predicted molar refractivity (Wildman–Crippen MR) is 104 cm³/mol. The Morgan fingerprint density at radius 2 is 2.11 bits per heavy atom. The van der Waals surface area contributed by atoms with Gasteiger partial charge in [-0.25, -0.2) is 14.3 Å². The van der Waals surface area contributed by atoms with Crippen molar-refractivity contribution in [2.45, 2.75) is 58.6 Å². The Kier molecular flexibility index (Phi) is 6.13. The maximum atomic E-state index is 12.7. The number of hydrogen-bond acceptors (Lipinski definition) is 6. The fourth-order valence-corrected chi connectivity index (χ4v) is 4.43. The number of aryl methyl sites for hydroxylation is 1. The normalized spacial score (nSPS) is 14.2. The number of ether oxygens (including phenoxy) is 1. The molecular weight excluding hydrogens is 382 g/mol. The van der Waals surface area contributed by atoms with Crippen LogP contribution in [0.2, 0.25) is 0 Å². The summed E-state index contributed by atoms with van der Waals surface area (Å²) in [6.45, 7) is 3.52. The molecule has 2 aromatic heterocycles. The predicted octanol–water partition coefficient (Wildman–Crippen LogP) is 3.12. The number of hydrogen-bond donors (Lipinski definition) is 2. The lowest BCUT2D eigenvalue weighted by atomic mass is 9.95. The molecule has 2 N–H and O–H groups in total. The summed E-state index contributed by atoms with van der Waals surface area (Å²) >= 11 is 1.40. The zero-order chi connectivity index (χ0) is 20.3. The van der Waals surface area contributed by atoms with E-state index in [1.807, 2.05) is 13.8 Å². The number of carboxylic acids is 1. The monoisotopic (exact) mass is 405 g/mol. The molecule has 150 valence electrons. The number of aromatic nitrogens is 2. The molecule has 28 heavy (non-hydrogen) atoms. The van der Waals surface area contributed by atoms with Crippen molar-refractivity contribution in [2.75, 3.05) is 5.32 Å². The van der Waals surface area contributed by atoms with Crippen molar-refractivity contribution in [2.24, 2.45) is 0 Å². The van der Waals surface area contributed by atoms with E-state index in [-0.39, 0.29) is 18.3 Å². The number of thiophene rings is 1. The van der Waals surface area contributed by atoms with Gasteiger partial charge in [-0.2, -0.15) is 5.10 Å². The van der Waals surface area contributed by atoms with Crippen molar-refractivity contribution in [1.29, 1.82) is 0 Å². The second-order valence-corrected chi connectivity index (χ2v) is 7.87. The number of anilines is 1. The fraction of sp³-hybridized carbons (Fsp3) is 0.474. The van der Waals surface area contributed by atoms with Crippen LogP contribution >= 0.6 is 11.3 Å². The third-order valence-electron chi connectivity index (χ3n) is 4.74. The van der Waals surface area contributed by atoms with E-state index in [2.05, 4.69) is 10.4 Å². The molecule has 0 aliphatic heterocycles. The van der Waals surface area contributed by atoms with E-state index in [0.717, 1.165) is 40.8 Å². The van der Waals surface area contributed by atoms with E-state index in [4.69, 9.17) is 9.84 Å². The van der Waals surface area contributed by atoms with E-state index in [0.29, 0.717) is 17.0 Å². The van der Waals surface area contributed by atoms with Gasteiger partial charge < -0.3 is 15.2 Å². The van der Waals surface area contributed by atoms with Gasteiger partial charge in [0.15, 0.2) is 0 Å². The van der Waals surface area contributed by atoms with E-state index < -0.39 is 17.8 Å². The van der Waals surface area contributed by atoms with Crippen LogP contribution in [0.5, 0.6) is 0 Å². The molecule has 1 amide bonds. The van der Waals surface area contributed by atoms with E-state index in [1.165, 1.54) is 23.6 Å². The molecule has 8 nitrogen and oxygen atoms in total. The zero-order valence-electron chi connectivity index (χ0n) is 15.9. The molecule has 2 heterocycles. The van der Waals surface area contributed by atoms with Gasteiger partial charge in [-0.3, -0.25) is 4.79 Å². The van der Waals surface area contributed by atoms with Crippen molar-refractivity contribution >= 4 is 34.2 Å². The number of rotatable bonds is 7. The molecule has 1 unspecified atom stereocenters. The number of esters is 1. The first kappa shape index (κ1) is 20.1. The molecule has 9 heteroatoms. The van der Waals surface area contributed by atoms with Crippen LogP contribution in [0.25, 0.3) is 0 Å². The summed E-state index contributed by atoms with van der Waals surface area (Å²) in [6.07, 6.45) is 5.53. The first-order chi connectivity index (χ1) is 13.4. The number of carbonyl (C=O) groups excluding carboxylic acids is 2. The zero-order valence-corrected chi connectivity index (χ0v) is 16.7. The maximum absolute atomic E-state index is 12.7. The topological polar surface area (TPSA) is 111 Å². The van der Waals surface area contributed by atoms with Crippen molar-refractivity contribution in [3.63, 3.8) is 0 Å². The minimum Gasteiger partial charge on any atom is -0.477 e. The Labute approximate surface area is 166 Å². The maximum Gasteiger partial charge on any atom is 0.354 e. The fourth-order valence-electron chi connectivity index (χ4n) is 3.14. The molecule has 0 saturated carbocycles. The number of fused-ring (bicyclic) bond motifs is 1. The standard InChI is InChI=1S/C19H23N3O5S/c1-3-11(2)27-19(26)16-12-6-4-5-7-14(12)28-17(16)21-15(23)10-22-13(18(24)25)8-9-20-22/h8-9,11H,3-7,10H2,1-2H3,(H,21,23)(H,24,25). The summed E-state index contributed by atoms with van der Waals surface area (Å²) in [6, 6.07) is 1.33. The summed E-state index contributed by atoms with van der Waals surface area (Å²) in [5.74, 6) is -2.02. The Hall–Kier alpha value is -2.68. The molecule has 1 aliphatic rings. The van der Waals surface area contributed by atoms with Gasteiger partial charge in [0.1, 0.15) is 17.2 Å². The molecule has 3 rings (SSSR count). The van der Waals surface area contributed by atoms with Crippen LogP contribution in [-0.4, -0.2) is 38.8 Å². The largest absolute Gasteiger partial charge is 0.477 e. The van der Waals surface area contributed by atoms with Gasteiger partial charge in [-0.1, -0.05) is 6.92 Å². The summed E-state index contributed by atoms with van der Waals surface area (Å²) < 4.78 is 6.62. The SMILES string of the molecule is CCC(C)OC(=O)c1c(NC(=O)Cn2nccc2C(=O)O)sc2c1CCCC2. The van der Waals surface area contributed by atoms with Crippen LogP contribution < -0.4 is 5.32 Å². The lowest BCUT2D eigenvalue weighted by Crippen LogP contribution is -2.23. The van der Waals surface area contributed by atoms with Gasteiger partial charge >= 0.3 is 11.9 Å².